The molecule has 2 aromatic heterocycles. The standard InChI is InChI=1S/C22H31N5OS/c1-17(2)26-11-7-18(16-26)21-20(19-6-3-4-8-23-19)24-22(29)27(21)10-5-9-25-12-14-28-15-13-25/h3-4,6-8,11,16-17,20-21H,5,9-10,12-15H2,1-2H3,(H,24,29). The summed E-state index contributed by atoms with van der Waals surface area (Å²) in [5.74, 6) is 0. The molecule has 7 heteroatoms. The van der Waals surface area contributed by atoms with Crippen molar-refractivity contribution in [3.8, 4) is 0 Å². The van der Waals surface area contributed by atoms with Gasteiger partial charge in [-0.05, 0) is 56.2 Å². The molecule has 0 radical (unpaired) electrons. The zero-order valence-corrected chi connectivity index (χ0v) is 18.1. The van der Waals surface area contributed by atoms with Gasteiger partial charge in [-0.3, -0.25) is 9.88 Å². The highest BCUT2D eigenvalue weighted by molar-refractivity contribution is 7.80. The second-order valence-electron chi connectivity index (χ2n) is 8.11. The molecule has 4 rings (SSSR count). The quantitative estimate of drug-likeness (QED) is 0.704. The van der Waals surface area contributed by atoms with Crippen LogP contribution in [0.1, 0.15) is 49.7 Å². The highest BCUT2D eigenvalue weighted by Gasteiger charge is 2.39. The molecule has 2 fully saturated rings. The summed E-state index contributed by atoms with van der Waals surface area (Å²) in [6, 6.07) is 8.98. The Balaban J connectivity index is 1.53. The van der Waals surface area contributed by atoms with Gasteiger partial charge in [0.2, 0.25) is 0 Å². The number of thiocarbonyl (C=S) groups is 1. The molecule has 1 N–H and O–H groups in total. The number of rotatable bonds is 7. The van der Waals surface area contributed by atoms with Crippen molar-refractivity contribution in [2.45, 2.75) is 38.4 Å². The van der Waals surface area contributed by atoms with E-state index >= 15 is 0 Å². The first-order valence-electron chi connectivity index (χ1n) is 10.6. The lowest BCUT2D eigenvalue weighted by molar-refractivity contribution is 0.0365. The first-order valence-corrected chi connectivity index (χ1v) is 11.0. The Kier molecular flexibility index (Phi) is 6.47. The Morgan fingerprint density at radius 2 is 2.03 bits per heavy atom. The smallest absolute Gasteiger partial charge is 0.170 e. The lowest BCUT2D eigenvalue weighted by Gasteiger charge is -2.30. The van der Waals surface area contributed by atoms with E-state index in [2.05, 4.69) is 63.0 Å². The summed E-state index contributed by atoms with van der Waals surface area (Å²) >= 11 is 5.77. The zero-order chi connectivity index (χ0) is 20.2. The summed E-state index contributed by atoms with van der Waals surface area (Å²) in [7, 11) is 0. The van der Waals surface area contributed by atoms with E-state index < -0.39 is 0 Å². The SMILES string of the molecule is CC(C)n1ccc(C2C(c3ccccn3)NC(=S)N2CCCN2CCOCC2)c1. The zero-order valence-electron chi connectivity index (χ0n) is 17.3. The summed E-state index contributed by atoms with van der Waals surface area (Å²) in [5, 5.41) is 4.37. The average Bonchev–Trinajstić information content (AvgIpc) is 3.35. The van der Waals surface area contributed by atoms with E-state index in [9.17, 15) is 0 Å². The van der Waals surface area contributed by atoms with Crippen molar-refractivity contribution in [2.75, 3.05) is 39.4 Å². The highest BCUT2D eigenvalue weighted by atomic mass is 32.1. The molecule has 2 aliphatic rings. The van der Waals surface area contributed by atoms with Crippen molar-refractivity contribution in [1.29, 1.82) is 0 Å². The second-order valence-corrected chi connectivity index (χ2v) is 8.50. The molecule has 0 amide bonds. The molecule has 2 atom stereocenters. The molecule has 4 heterocycles. The molecule has 2 aromatic rings. The molecule has 0 aliphatic carbocycles. The lowest BCUT2D eigenvalue weighted by Crippen LogP contribution is -2.38. The van der Waals surface area contributed by atoms with Gasteiger partial charge in [-0.25, -0.2) is 0 Å². The van der Waals surface area contributed by atoms with Gasteiger partial charge in [0.05, 0.1) is 31.0 Å². The summed E-state index contributed by atoms with van der Waals surface area (Å²) in [4.78, 5) is 9.46. The van der Waals surface area contributed by atoms with Gasteiger partial charge in [0.25, 0.3) is 0 Å². The Morgan fingerprint density at radius 3 is 2.72 bits per heavy atom. The van der Waals surface area contributed by atoms with Crippen LogP contribution < -0.4 is 5.32 Å². The van der Waals surface area contributed by atoms with Gasteiger partial charge in [-0.1, -0.05) is 6.07 Å². The molecule has 2 aliphatic heterocycles. The van der Waals surface area contributed by atoms with Crippen LogP contribution >= 0.6 is 12.2 Å². The van der Waals surface area contributed by atoms with Gasteiger partial charge in [-0.2, -0.15) is 0 Å². The summed E-state index contributed by atoms with van der Waals surface area (Å²) < 4.78 is 7.73. The molecule has 156 valence electrons. The maximum absolute atomic E-state index is 5.77. The lowest BCUT2D eigenvalue weighted by atomic mass is 9.99. The summed E-state index contributed by atoms with van der Waals surface area (Å²) in [5.41, 5.74) is 2.32. The van der Waals surface area contributed by atoms with Crippen molar-refractivity contribution in [3.05, 3.63) is 54.1 Å². The molecule has 0 spiro atoms. The van der Waals surface area contributed by atoms with Gasteiger partial charge in [-0.15, -0.1) is 0 Å². The third kappa shape index (κ3) is 4.63. The fraction of sp³-hybridized carbons (Fsp3) is 0.545. The molecule has 0 saturated carbocycles. The molecular formula is C22H31N5OS. The van der Waals surface area contributed by atoms with Crippen LogP contribution in [0.25, 0.3) is 0 Å². The molecule has 6 nitrogen and oxygen atoms in total. The molecule has 0 bridgehead atoms. The number of hydrogen-bond acceptors (Lipinski definition) is 4. The van der Waals surface area contributed by atoms with Crippen molar-refractivity contribution >= 4 is 17.3 Å². The van der Waals surface area contributed by atoms with E-state index in [0.717, 1.165) is 56.6 Å². The van der Waals surface area contributed by atoms with E-state index in [0.29, 0.717) is 6.04 Å². The number of nitrogens with zero attached hydrogens (tertiary/aromatic N) is 4. The molecule has 0 aromatic carbocycles. The van der Waals surface area contributed by atoms with E-state index in [-0.39, 0.29) is 12.1 Å². The van der Waals surface area contributed by atoms with Crippen LogP contribution in [0.4, 0.5) is 0 Å². The van der Waals surface area contributed by atoms with Gasteiger partial charge < -0.3 is 19.5 Å². The van der Waals surface area contributed by atoms with Crippen LogP contribution in [0.3, 0.4) is 0 Å². The van der Waals surface area contributed by atoms with E-state index in [1.165, 1.54) is 5.56 Å². The average molecular weight is 414 g/mol. The van der Waals surface area contributed by atoms with Crippen LogP contribution in [0.2, 0.25) is 0 Å². The van der Waals surface area contributed by atoms with E-state index in [1.807, 2.05) is 18.3 Å². The van der Waals surface area contributed by atoms with Crippen molar-refractivity contribution in [3.63, 3.8) is 0 Å². The van der Waals surface area contributed by atoms with Crippen LogP contribution in [-0.2, 0) is 4.74 Å². The van der Waals surface area contributed by atoms with Gasteiger partial charge in [0.1, 0.15) is 0 Å². The first-order chi connectivity index (χ1) is 14.1. The number of aromatic nitrogens is 2. The topological polar surface area (TPSA) is 45.6 Å². The highest BCUT2D eigenvalue weighted by Crippen LogP contribution is 2.38. The van der Waals surface area contributed by atoms with Crippen LogP contribution in [0, 0.1) is 0 Å². The Labute approximate surface area is 178 Å². The third-order valence-electron chi connectivity index (χ3n) is 5.85. The maximum Gasteiger partial charge on any atom is 0.170 e. The molecule has 2 saturated heterocycles. The fourth-order valence-electron chi connectivity index (χ4n) is 4.23. The van der Waals surface area contributed by atoms with Gasteiger partial charge >= 0.3 is 0 Å². The Hall–Kier alpha value is -1.96. The van der Waals surface area contributed by atoms with Crippen molar-refractivity contribution in [1.82, 2.24) is 24.7 Å². The maximum atomic E-state index is 5.77. The molecular weight excluding hydrogens is 382 g/mol. The summed E-state index contributed by atoms with van der Waals surface area (Å²) in [6.45, 7) is 10.2. The Bertz CT molecular complexity index is 803. The fourth-order valence-corrected chi connectivity index (χ4v) is 4.56. The number of nitrogens with one attached hydrogen (secondary N) is 1. The van der Waals surface area contributed by atoms with E-state index in [1.54, 1.807) is 0 Å². The van der Waals surface area contributed by atoms with Crippen molar-refractivity contribution in [2.24, 2.45) is 0 Å². The Morgan fingerprint density at radius 1 is 1.21 bits per heavy atom. The molecule has 2 unspecified atom stereocenters. The minimum absolute atomic E-state index is 0.0649. The largest absolute Gasteiger partial charge is 0.379 e. The first kappa shape index (κ1) is 20.3. The molecule has 29 heavy (non-hydrogen) atoms. The minimum Gasteiger partial charge on any atom is -0.379 e. The number of hydrogen-bond donors (Lipinski definition) is 1. The normalized spacial score (nSPS) is 23.0. The third-order valence-corrected chi connectivity index (χ3v) is 6.20. The number of pyridine rings is 1. The van der Waals surface area contributed by atoms with Crippen LogP contribution in [0.5, 0.6) is 0 Å². The van der Waals surface area contributed by atoms with E-state index in [4.69, 9.17) is 17.0 Å². The predicted molar refractivity (Wildman–Crippen MR) is 119 cm³/mol. The monoisotopic (exact) mass is 413 g/mol. The van der Waals surface area contributed by atoms with Crippen LogP contribution in [-0.4, -0.2) is 63.9 Å². The second kappa shape index (κ2) is 9.24. The number of morpholine rings is 1. The van der Waals surface area contributed by atoms with Gasteiger partial charge in [0.15, 0.2) is 5.11 Å². The van der Waals surface area contributed by atoms with Crippen LogP contribution in [0.15, 0.2) is 42.9 Å². The number of ether oxygens (including phenoxy) is 1. The van der Waals surface area contributed by atoms with Crippen molar-refractivity contribution < 1.29 is 4.74 Å². The predicted octanol–water partition coefficient (Wildman–Crippen LogP) is 3.16. The minimum atomic E-state index is 0.0649. The summed E-state index contributed by atoms with van der Waals surface area (Å²) in [6.07, 6.45) is 7.37. The van der Waals surface area contributed by atoms with Gasteiger partial charge in [0, 0.05) is 50.8 Å².